The average Bonchev–Trinajstić information content (AvgIpc) is 2.01. The van der Waals surface area contributed by atoms with Crippen molar-refractivity contribution in [3.05, 3.63) is 0 Å². The summed E-state index contributed by atoms with van der Waals surface area (Å²) in [6, 6.07) is 0. The highest BCUT2D eigenvalue weighted by Crippen LogP contribution is 1.94. The highest BCUT2D eigenvalue weighted by atomic mass is 16.7. The van der Waals surface area contributed by atoms with E-state index in [9.17, 15) is 9.59 Å². The molecule has 0 aromatic heterocycles. The zero-order chi connectivity index (χ0) is 10.3. The van der Waals surface area contributed by atoms with Crippen LogP contribution in [0.5, 0.6) is 0 Å². The van der Waals surface area contributed by atoms with Crippen molar-refractivity contribution >= 4 is 12.1 Å². The first-order chi connectivity index (χ1) is 6.06. The Morgan fingerprint density at radius 3 is 2.46 bits per heavy atom. The first-order valence-corrected chi connectivity index (χ1v) is 3.87. The molecule has 0 atom stereocenters. The molecule has 0 spiro atoms. The molecule has 0 aliphatic carbocycles. The van der Waals surface area contributed by atoms with Gasteiger partial charge in [0.05, 0.1) is 6.61 Å². The number of hydrogen-bond donors (Lipinski definition) is 0. The number of carbonyl (C=O) groups is 2. The average molecular weight is 184 g/mol. The smallest absolute Gasteiger partial charge is 0.434 e. The van der Waals surface area contributed by atoms with Crippen LogP contribution in [-0.2, 0) is 14.3 Å². The minimum Gasteiger partial charge on any atom is -0.434 e. The molecule has 0 fully saturated rings. The lowest BCUT2D eigenvalue weighted by Gasteiger charge is -2.04. The van der Waals surface area contributed by atoms with Gasteiger partial charge in [0.2, 0.25) is 0 Å². The van der Waals surface area contributed by atoms with Crippen LogP contribution in [-0.4, -0.2) is 18.7 Å². The van der Waals surface area contributed by atoms with Crippen LogP contribution in [0.1, 0.15) is 20.8 Å². The summed E-state index contributed by atoms with van der Waals surface area (Å²) in [5, 5.41) is 0. The topological polar surface area (TPSA) is 52.6 Å². The van der Waals surface area contributed by atoms with Crippen molar-refractivity contribution in [2.45, 2.75) is 20.8 Å². The highest BCUT2D eigenvalue weighted by Gasteiger charge is 2.09. The molecule has 0 rings (SSSR count). The van der Waals surface area contributed by atoms with Gasteiger partial charge < -0.3 is 9.47 Å². The lowest BCUT2D eigenvalue weighted by molar-refractivity contribution is -0.133. The third-order valence-corrected chi connectivity index (χ3v) is 0.938. The zero-order valence-corrected chi connectivity index (χ0v) is 7.92. The van der Waals surface area contributed by atoms with E-state index in [0.29, 0.717) is 0 Å². The van der Waals surface area contributed by atoms with Crippen molar-refractivity contribution in [1.82, 2.24) is 0 Å². The van der Waals surface area contributed by atoms with Gasteiger partial charge in [-0.15, -0.1) is 0 Å². The van der Waals surface area contributed by atoms with Crippen LogP contribution >= 0.6 is 0 Å². The summed E-state index contributed by atoms with van der Waals surface area (Å²) in [6.45, 7) is 5.45. The van der Waals surface area contributed by atoms with Crippen LogP contribution < -0.4 is 0 Å². The second kappa shape index (κ2) is 6.06. The van der Waals surface area contributed by atoms with Gasteiger partial charge in [-0.2, -0.15) is 0 Å². The number of ether oxygens (including phenoxy) is 2. The maximum absolute atomic E-state index is 10.7. The molecular formula is C9H12O4. The standard InChI is InChI=1S/C9H12O4/c1-4-5-8(10)13-9(11)12-6-7(2)3/h7H,6H2,1-3H3. The van der Waals surface area contributed by atoms with Gasteiger partial charge in [0.25, 0.3) is 0 Å². The first kappa shape index (κ1) is 11.5. The van der Waals surface area contributed by atoms with E-state index in [1.54, 1.807) is 0 Å². The second-order valence-corrected chi connectivity index (χ2v) is 2.72. The van der Waals surface area contributed by atoms with E-state index in [2.05, 4.69) is 21.3 Å². The van der Waals surface area contributed by atoms with Crippen LogP contribution in [0.3, 0.4) is 0 Å². The molecule has 0 amide bonds. The van der Waals surface area contributed by atoms with Crippen molar-refractivity contribution in [3.8, 4) is 11.8 Å². The molecule has 0 aliphatic heterocycles. The van der Waals surface area contributed by atoms with Crippen molar-refractivity contribution < 1.29 is 19.1 Å². The van der Waals surface area contributed by atoms with Crippen molar-refractivity contribution in [2.75, 3.05) is 6.61 Å². The van der Waals surface area contributed by atoms with Crippen molar-refractivity contribution in [2.24, 2.45) is 5.92 Å². The SMILES string of the molecule is CC#CC(=O)OC(=O)OCC(C)C. The Balaban J connectivity index is 3.73. The Kier molecular flexibility index (Phi) is 5.37. The van der Waals surface area contributed by atoms with Gasteiger partial charge in [0.15, 0.2) is 0 Å². The maximum Gasteiger partial charge on any atom is 0.516 e. The molecule has 0 heterocycles. The van der Waals surface area contributed by atoms with Crippen LogP contribution in [0.15, 0.2) is 0 Å². The zero-order valence-electron chi connectivity index (χ0n) is 7.92. The Labute approximate surface area is 77.2 Å². The molecular weight excluding hydrogens is 172 g/mol. The molecule has 0 saturated heterocycles. The second-order valence-electron chi connectivity index (χ2n) is 2.72. The van der Waals surface area contributed by atoms with Gasteiger partial charge in [-0.05, 0) is 12.8 Å². The third-order valence-electron chi connectivity index (χ3n) is 0.938. The van der Waals surface area contributed by atoms with Gasteiger partial charge >= 0.3 is 12.1 Å². The molecule has 13 heavy (non-hydrogen) atoms. The van der Waals surface area contributed by atoms with Gasteiger partial charge in [0, 0.05) is 5.92 Å². The lowest BCUT2D eigenvalue weighted by Crippen LogP contribution is -2.14. The van der Waals surface area contributed by atoms with E-state index in [1.165, 1.54) is 6.92 Å². The number of rotatable bonds is 2. The summed E-state index contributed by atoms with van der Waals surface area (Å²) < 4.78 is 8.74. The molecule has 0 aliphatic rings. The maximum atomic E-state index is 10.7. The normalized spacial score (nSPS) is 8.62. The molecule has 4 nitrogen and oxygen atoms in total. The molecule has 4 heteroatoms. The minimum atomic E-state index is -0.999. The van der Waals surface area contributed by atoms with Crippen LogP contribution in [0.4, 0.5) is 4.79 Å². The Morgan fingerprint density at radius 1 is 1.38 bits per heavy atom. The van der Waals surface area contributed by atoms with E-state index in [1.807, 2.05) is 13.8 Å². The largest absolute Gasteiger partial charge is 0.516 e. The van der Waals surface area contributed by atoms with E-state index in [4.69, 9.17) is 0 Å². The lowest BCUT2D eigenvalue weighted by atomic mass is 10.2. The van der Waals surface area contributed by atoms with Crippen LogP contribution in [0.2, 0.25) is 0 Å². The molecule has 0 saturated carbocycles. The van der Waals surface area contributed by atoms with E-state index in [0.717, 1.165) is 0 Å². The monoisotopic (exact) mass is 184 g/mol. The van der Waals surface area contributed by atoms with Gasteiger partial charge in [-0.25, -0.2) is 9.59 Å². The number of esters is 1. The molecule has 0 aromatic carbocycles. The van der Waals surface area contributed by atoms with E-state index < -0.39 is 12.1 Å². The number of hydrogen-bond acceptors (Lipinski definition) is 4. The summed E-state index contributed by atoms with van der Waals surface area (Å²) in [5.74, 6) is 3.67. The molecule has 0 radical (unpaired) electrons. The number of carbonyl (C=O) groups excluding carboxylic acids is 2. The molecule has 72 valence electrons. The van der Waals surface area contributed by atoms with E-state index in [-0.39, 0.29) is 12.5 Å². The summed E-state index contributed by atoms with van der Waals surface area (Å²) in [4.78, 5) is 21.3. The summed E-state index contributed by atoms with van der Waals surface area (Å²) >= 11 is 0. The fourth-order valence-electron chi connectivity index (χ4n) is 0.467. The summed E-state index contributed by atoms with van der Waals surface area (Å²) in [7, 11) is 0. The predicted molar refractivity (Wildman–Crippen MR) is 45.7 cm³/mol. The fraction of sp³-hybridized carbons (Fsp3) is 0.556. The highest BCUT2D eigenvalue weighted by molar-refractivity contribution is 5.94. The fourth-order valence-corrected chi connectivity index (χ4v) is 0.467. The van der Waals surface area contributed by atoms with Gasteiger partial charge in [0.1, 0.15) is 0 Å². The predicted octanol–water partition coefficient (Wildman–Crippen LogP) is 1.35. The Bertz CT molecular complexity index is 244. The Morgan fingerprint density at radius 2 is 2.00 bits per heavy atom. The van der Waals surface area contributed by atoms with Gasteiger partial charge in [-0.1, -0.05) is 19.8 Å². The van der Waals surface area contributed by atoms with Crippen LogP contribution in [0, 0.1) is 17.8 Å². The van der Waals surface area contributed by atoms with Gasteiger partial charge in [-0.3, -0.25) is 0 Å². The first-order valence-electron chi connectivity index (χ1n) is 3.87. The molecule has 0 aromatic rings. The van der Waals surface area contributed by atoms with E-state index >= 15 is 0 Å². The Hall–Kier alpha value is -1.50. The minimum absolute atomic E-state index is 0.208. The third kappa shape index (κ3) is 6.88. The molecule has 0 unspecified atom stereocenters. The summed E-state index contributed by atoms with van der Waals surface area (Å²) in [6.07, 6.45) is -0.999. The van der Waals surface area contributed by atoms with Crippen molar-refractivity contribution in [3.63, 3.8) is 0 Å². The van der Waals surface area contributed by atoms with Crippen LogP contribution in [0.25, 0.3) is 0 Å². The summed E-state index contributed by atoms with van der Waals surface area (Å²) in [5.41, 5.74) is 0. The van der Waals surface area contributed by atoms with Crippen molar-refractivity contribution in [1.29, 1.82) is 0 Å². The molecule has 0 N–H and O–H groups in total. The quantitative estimate of drug-likeness (QED) is 0.281. The molecule has 0 bridgehead atoms.